The molecule has 0 saturated heterocycles. The Balaban J connectivity index is 2.12. The molecule has 1 aromatic carbocycles. The average Bonchev–Trinajstić information content (AvgIpc) is 3.36. The van der Waals surface area contributed by atoms with Gasteiger partial charge in [-0.1, -0.05) is 0 Å². The molecule has 1 unspecified atom stereocenters. The molecule has 0 radical (unpaired) electrons. The topological polar surface area (TPSA) is 96.5 Å². The molecule has 1 aromatic rings. The highest BCUT2D eigenvalue weighted by Gasteiger charge is 2.24. The van der Waals surface area contributed by atoms with Crippen LogP contribution in [0.4, 0.5) is 11.4 Å². The molecule has 0 bridgehead atoms. The predicted molar refractivity (Wildman–Crippen MR) is 89.0 cm³/mol. The zero-order chi connectivity index (χ0) is 17.0. The van der Waals surface area contributed by atoms with Gasteiger partial charge in [-0.15, -0.1) is 0 Å². The van der Waals surface area contributed by atoms with Crippen LogP contribution in [0.3, 0.4) is 0 Å². The third kappa shape index (κ3) is 4.66. The van der Waals surface area contributed by atoms with E-state index in [1.165, 1.54) is 19.2 Å². The van der Waals surface area contributed by atoms with Gasteiger partial charge in [0.25, 0.3) is 5.91 Å². The summed E-state index contributed by atoms with van der Waals surface area (Å²) in [6.45, 7) is 2.27. The molecule has 0 heterocycles. The van der Waals surface area contributed by atoms with Crippen LogP contribution in [0.15, 0.2) is 23.1 Å². The molecule has 2 rings (SSSR count). The van der Waals surface area contributed by atoms with E-state index in [1.807, 2.05) is 0 Å². The first-order valence-corrected chi connectivity index (χ1v) is 9.03. The van der Waals surface area contributed by atoms with Gasteiger partial charge < -0.3 is 15.4 Å². The van der Waals surface area contributed by atoms with Crippen molar-refractivity contribution in [1.82, 2.24) is 4.72 Å². The number of anilines is 2. The summed E-state index contributed by atoms with van der Waals surface area (Å²) >= 11 is 0. The van der Waals surface area contributed by atoms with Crippen LogP contribution in [0, 0.1) is 5.92 Å². The van der Waals surface area contributed by atoms with E-state index in [-0.39, 0.29) is 10.8 Å². The summed E-state index contributed by atoms with van der Waals surface area (Å²) in [6.07, 6.45) is 1.72. The van der Waals surface area contributed by atoms with Gasteiger partial charge in [-0.05, 0) is 50.9 Å². The number of ether oxygens (including phenoxy) is 1. The zero-order valence-electron chi connectivity index (χ0n) is 13.5. The number of nitrogens with one attached hydrogen (secondary N) is 3. The Morgan fingerprint density at radius 3 is 2.57 bits per heavy atom. The fourth-order valence-electron chi connectivity index (χ4n) is 2.00. The molecule has 128 valence electrons. The van der Waals surface area contributed by atoms with E-state index in [0.29, 0.717) is 23.9 Å². The molecular weight excluding hydrogens is 318 g/mol. The monoisotopic (exact) mass is 341 g/mol. The smallest absolute Gasteiger partial charge is 0.253 e. The number of amides is 1. The molecule has 3 N–H and O–H groups in total. The van der Waals surface area contributed by atoms with Gasteiger partial charge in [-0.2, -0.15) is 0 Å². The first kappa shape index (κ1) is 17.7. The maximum atomic E-state index is 12.2. The van der Waals surface area contributed by atoms with Crippen molar-refractivity contribution >= 4 is 27.3 Å². The molecule has 1 atom stereocenters. The summed E-state index contributed by atoms with van der Waals surface area (Å²) in [4.78, 5) is 12.3. The van der Waals surface area contributed by atoms with Gasteiger partial charge in [0.1, 0.15) is 6.10 Å². The maximum Gasteiger partial charge on any atom is 0.253 e. The Labute approximate surface area is 136 Å². The Morgan fingerprint density at radius 2 is 2.00 bits per heavy atom. The van der Waals surface area contributed by atoms with E-state index in [2.05, 4.69) is 15.4 Å². The molecule has 1 aliphatic rings. The lowest BCUT2D eigenvalue weighted by Gasteiger charge is -2.16. The van der Waals surface area contributed by atoms with E-state index in [4.69, 9.17) is 4.74 Å². The van der Waals surface area contributed by atoms with Gasteiger partial charge in [-0.3, -0.25) is 4.79 Å². The second-order valence-corrected chi connectivity index (χ2v) is 7.46. The summed E-state index contributed by atoms with van der Waals surface area (Å²) in [7, 11) is -0.536. The minimum absolute atomic E-state index is 0.0841. The molecule has 1 saturated carbocycles. The predicted octanol–water partition coefficient (Wildman–Crippen LogP) is 1.39. The Morgan fingerprint density at radius 1 is 1.30 bits per heavy atom. The fraction of sp³-hybridized carbons (Fsp3) is 0.533. The molecule has 0 aliphatic heterocycles. The molecule has 0 aromatic heterocycles. The van der Waals surface area contributed by atoms with E-state index in [0.717, 1.165) is 12.8 Å². The first-order chi connectivity index (χ1) is 10.9. The van der Waals surface area contributed by atoms with Crippen LogP contribution in [-0.2, 0) is 19.6 Å². The molecule has 1 aliphatic carbocycles. The summed E-state index contributed by atoms with van der Waals surface area (Å²) in [5, 5.41) is 5.65. The first-order valence-electron chi connectivity index (χ1n) is 7.55. The zero-order valence-corrected chi connectivity index (χ0v) is 14.4. The second-order valence-electron chi connectivity index (χ2n) is 5.57. The Bertz CT molecular complexity index is 671. The fourth-order valence-corrected chi connectivity index (χ4v) is 2.76. The highest BCUT2D eigenvalue weighted by atomic mass is 32.2. The van der Waals surface area contributed by atoms with Crippen molar-refractivity contribution in [2.75, 3.05) is 31.3 Å². The van der Waals surface area contributed by atoms with Gasteiger partial charge in [0.2, 0.25) is 10.0 Å². The van der Waals surface area contributed by atoms with Gasteiger partial charge >= 0.3 is 0 Å². The van der Waals surface area contributed by atoms with Crippen molar-refractivity contribution in [3.63, 3.8) is 0 Å². The van der Waals surface area contributed by atoms with E-state index >= 15 is 0 Å². The van der Waals surface area contributed by atoms with Crippen molar-refractivity contribution in [3.8, 4) is 0 Å². The number of carbonyl (C=O) groups is 1. The largest absolute Gasteiger partial charge is 0.386 e. The van der Waals surface area contributed by atoms with E-state index < -0.39 is 16.1 Å². The van der Waals surface area contributed by atoms with Crippen molar-refractivity contribution in [1.29, 1.82) is 0 Å². The van der Waals surface area contributed by atoms with Crippen molar-refractivity contribution < 1.29 is 17.9 Å². The van der Waals surface area contributed by atoms with Gasteiger partial charge in [0.15, 0.2) is 0 Å². The van der Waals surface area contributed by atoms with Gasteiger partial charge in [0.05, 0.1) is 22.9 Å². The number of hydrogen-bond donors (Lipinski definition) is 3. The van der Waals surface area contributed by atoms with Crippen LogP contribution in [0.1, 0.15) is 19.8 Å². The Hall–Kier alpha value is -1.64. The standard InChI is InChI=1S/C15H23N3O4S/c1-10(22-9-11-4-5-11)15(19)18-14-8-12(23(20,21)17-3)6-7-13(14)16-2/h6-8,10-11,16-17H,4-5,9H2,1-3H3,(H,18,19). The van der Waals surface area contributed by atoms with Crippen LogP contribution in [0.2, 0.25) is 0 Å². The van der Waals surface area contributed by atoms with Crippen LogP contribution in [0.5, 0.6) is 0 Å². The van der Waals surface area contributed by atoms with Crippen molar-refractivity contribution in [2.45, 2.75) is 30.8 Å². The van der Waals surface area contributed by atoms with Crippen molar-refractivity contribution in [2.24, 2.45) is 5.92 Å². The summed E-state index contributed by atoms with van der Waals surface area (Å²) in [5.74, 6) is 0.267. The van der Waals surface area contributed by atoms with Gasteiger partial charge in [0, 0.05) is 7.05 Å². The highest BCUT2D eigenvalue weighted by Crippen LogP contribution is 2.29. The van der Waals surface area contributed by atoms with E-state index in [9.17, 15) is 13.2 Å². The summed E-state index contributed by atoms with van der Waals surface area (Å²) < 4.78 is 31.6. The summed E-state index contributed by atoms with van der Waals surface area (Å²) in [5.41, 5.74) is 1.03. The quantitative estimate of drug-likeness (QED) is 0.664. The van der Waals surface area contributed by atoms with Crippen molar-refractivity contribution in [3.05, 3.63) is 18.2 Å². The number of benzene rings is 1. The minimum Gasteiger partial charge on any atom is -0.386 e. The van der Waals surface area contributed by atoms with Crippen LogP contribution in [0.25, 0.3) is 0 Å². The number of hydrogen-bond acceptors (Lipinski definition) is 5. The number of carbonyl (C=O) groups excluding carboxylic acids is 1. The number of rotatable bonds is 8. The maximum absolute atomic E-state index is 12.2. The molecule has 1 amide bonds. The SMILES string of the molecule is CNc1ccc(S(=O)(=O)NC)cc1NC(=O)C(C)OCC1CC1. The highest BCUT2D eigenvalue weighted by molar-refractivity contribution is 7.89. The van der Waals surface area contributed by atoms with E-state index in [1.54, 1.807) is 20.0 Å². The van der Waals surface area contributed by atoms with Crippen LogP contribution >= 0.6 is 0 Å². The normalized spacial score (nSPS) is 16.0. The second kappa shape index (κ2) is 7.29. The molecule has 1 fully saturated rings. The lowest BCUT2D eigenvalue weighted by Crippen LogP contribution is -2.29. The average molecular weight is 341 g/mol. The minimum atomic E-state index is -3.58. The molecule has 0 spiro atoms. The lowest BCUT2D eigenvalue weighted by molar-refractivity contribution is -0.126. The third-order valence-corrected chi connectivity index (χ3v) is 5.16. The third-order valence-electron chi connectivity index (χ3n) is 3.75. The molecule has 23 heavy (non-hydrogen) atoms. The molecule has 7 nitrogen and oxygen atoms in total. The molecule has 8 heteroatoms. The van der Waals surface area contributed by atoms with Crippen LogP contribution < -0.4 is 15.4 Å². The lowest BCUT2D eigenvalue weighted by atomic mass is 10.2. The Kier molecular flexibility index (Phi) is 5.61. The number of sulfonamides is 1. The van der Waals surface area contributed by atoms with Crippen LogP contribution in [-0.4, -0.2) is 41.1 Å². The molecular formula is C15H23N3O4S. The summed E-state index contributed by atoms with van der Waals surface area (Å²) in [6, 6.07) is 4.50. The van der Waals surface area contributed by atoms with Gasteiger partial charge in [-0.25, -0.2) is 13.1 Å².